The van der Waals surface area contributed by atoms with E-state index in [4.69, 9.17) is 0 Å². The van der Waals surface area contributed by atoms with E-state index in [1.165, 1.54) is 24.3 Å². The first-order valence-corrected chi connectivity index (χ1v) is 12.6. The van der Waals surface area contributed by atoms with E-state index in [0.29, 0.717) is 5.56 Å². The fourth-order valence-corrected chi connectivity index (χ4v) is 4.46. The summed E-state index contributed by atoms with van der Waals surface area (Å²) in [6.07, 6.45) is -10.2. The van der Waals surface area contributed by atoms with E-state index in [9.17, 15) is 41.0 Å². The predicted molar refractivity (Wildman–Crippen MR) is 140 cm³/mol. The van der Waals surface area contributed by atoms with E-state index >= 15 is 0 Å². The average molecular weight is 599 g/mol. The standard InChI is InChI=1S/C29H28F6N2O5/c1-18(2)14-24(25(38)39)36-26(40)37-27(17-19-8-4-3-5-9-19,20-10-6-12-22(15-20)41-28(30,31)32)21-11-7-13-23(16-21)42-29(33,34)35/h3-13,15-16,18,24H,14,17H2,1-2H3,(H,38,39)(H2,36,37,40)/t24-/m0/s1. The molecule has 3 aromatic rings. The predicted octanol–water partition coefficient (Wildman–Crippen LogP) is 6.77. The summed E-state index contributed by atoms with van der Waals surface area (Å²) in [6, 6.07) is 15.2. The molecule has 1 atom stereocenters. The Morgan fingerprint density at radius 1 is 0.786 bits per heavy atom. The lowest BCUT2D eigenvalue weighted by Crippen LogP contribution is -2.55. The van der Waals surface area contributed by atoms with E-state index in [2.05, 4.69) is 20.1 Å². The zero-order valence-electron chi connectivity index (χ0n) is 22.4. The molecular weight excluding hydrogens is 570 g/mol. The number of alkyl halides is 6. The number of aliphatic carboxylic acids is 1. The fraction of sp³-hybridized carbons (Fsp3) is 0.310. The topological polar surface area (TPSA) is 96.9 Å². The van der Waals surface area contributed by atoms with E-state index in [1.807, 2.05) is 0 Å². The van der Waals surface area contributed by atoms with Crippen molar-refractivity contribution in [3.8, 4) is 11.5 Å². The number of rotatable bonds is 11. The fourth-order valence-electron chi connectivity index (χ4n) is 4.46. The first-order valence-electron chi connectivity index (χ1n) is 12.6. The Morgan fingerprint density at radius 3 is 1.71 bits per heavy atom. The van der Waals surface area contributed by atoms with Crippen LogP contribution in [-0.2, 0) is 16.8 Å². The molecule has 0 bridgehead atoms. The Bertz CT molecular complexity index is 1300. The van der Waals surface area contributed by atoms with Crippen molar-refractivity contribution in [1.82, 2.24) is 10.6 Å². The molecule has 3 N–H and O–H groups in total. The number of urea groups is 1. The minimum atomic E-state index is -5.06. The van der Waals surface area contributed by atoms with Gasteiger partial charge in [0.05, 0.1) is 5.54 Å². The Balaban J connectivity index is 2.23. The SMILES string of the molecule is CC(C)C[C@H](NC(=O)NC(Cc1ccccc1)(c1cccc(OC(F)(F)F)c1)c1cccc(OC(F)(F)F)c1)C(=O)O. The zero-order valence-corrected chi connectivity index (χ0v) is 22.4. The lowest BCUT2D eigenvalue weighted by atomic mass is 9.77. The maximum atomic E-state index is 13.4. The maximum absolute atomic E-state index is 13.4. The van der Waals surface area contributed by atoms with Gasteiger partial charge >= 0.3 is 24.7 Å². The summed E-state index contributed by atoms with van der Waals surface area (Å²) in [5.41, 5.74) is -1.30. The first-order chi connectivity index (χ1) is 19.6. The molecule has 0 aliphatic heterocycles. The second kappa shape index (κ2) is 13.0. The number of carbonyl (C=O) groups excluding carboxylic acids is 1. The monoisotopic (exact) mass is 598 g/mol. The van der Waals surface area contributed by atoms with E-state index < -0.39 is 47.8 Å². The zero-order chi connectivity index (χ0) is 31.1. The van der Waals surface area contributed by atoms with E-state index in [1.54, 1.807) is 44.2 Å². The molecular formula is C29H28F6N2O5. The smallest absolute Gasteiger partial charge is 0.480 e. The molecule has 3 rings (SSSR count). The van der Waals surface area contributed by atoms with Crippen molar-refractivity contribution < 1.29 is 50.5 Å². The lowest BCUT2D eigenvalue weighted by molar-refractivity contribution is -0.275. The number of hydrogen-bond donors (Lipinski definition) is 3. The van der Waals surface area contributed by atoms with Crippen molar-refractivity contribution in [3.63, 3.8) is 0 Å². The molecule has 7 nitrogen and oxygen atoms in total. The molecule has 13 heteroatoms. The van der Waals surface area contributed by atoms with Gasteiger partial charge < -0.3 is 25.2 Å². The van der Waals surface area contributed by atoms with Crippen molar-refractivity contribution in [3.05, 3.63) is 95.6 Å². The minimum absolute atomic E-state index is 0.00291. The largest absolute Gasteiger partial charge is 0.573 e. The van der Waals surface area contributed by atoms with E-state index in [-0.39, 0.29) is 29.9 Å². The highest BCUT2D eigenvalue weighted by atomic mass is 19.4. The quantitative estimate of drug-likeness (QED) is 0.212. The van der Waals surface area contributed by atoms with Gasteiger partial charge in [-0.15, -0.1) is 26.3 Å². The molecule has 3 aromatic carbocycles. The summed E-state index contributed by atoms with van der Waals surface area (Å²) in [6.45, 7) is 3.49. The van der Waals surface area contributed by atoms with E-state index in [0.717, 1.165) is 24.3 Å². The highest BCUT2D eigenvalue weighted by Gasteiger charge is 2.40. The summed E-state index contributed by atoms with van der Waals surface area (Å²) >= 11 is 0. The Hall–Kier alpha value is -4.42. The van der Waals surface area contributed by atoms with Gasteiger partial charge in [-0.25, -0.2) is 9.59 Å². The number of nitrogens with one attached hydrogen (secondary N) is 2. The van der Waals surface area contributed by atoms with Gasteiger partial charge in [-0.3, -0.25) is 0 Å². The van der Waals surface area contributed by atoms with Crippen molar-refractivity contribution in [2.75, 3.05) is 0 Å². The molecule has 0 aliphatic carbocycles. The molecule has 2 amide bonds. The second-order valence-electron chi connectivity index (χ2n) is 9.84. The Kier molecular flexibility index (Phi) is 9.97. The Labute approximate surface area is 237 Å². The summed E-state index contributed by atoms with van der Waals surface area (Å²) in [5.74, 6) is -2.75. The third-order valence-corrected chi connectivity index (χ3v) is 6.07. The van der Waals surface area contributed by atoms with Gasteiger partial charge in [0.1, 0.15) is 17.5 Å². The molecule has 0 saturated heterocycles. The van der Waals surface area contributed by atoms with Crippen LogP contribution in [-0.4, -0.2) is 35.9 Å². The first kappa shape index (κ1) is 32.1. The van der Waals surface area contributed by atoms with Crippen molar-refractivity contribution in [1.29, 1.82) is 0 Å². The van der Waals surface area contributed by atoms with Gasteiger partial charge in [0.15, 0.2) is 0 Å². The molecule has 0 aromatic heterocycles. The van der Waals surface area contributed by atoms with Crippen LogP contribution in [0.3, 0.4) is 0 Å². The normalized spacial score (nSPS) is 12.9. The van der Waals surface area contributed by atoms with Gasteiger partial charge in [0, 0.05) is 6.42 Å². The number of benzene rings is 3. The number of ether oxygens (including phenoxy) is 2. The van der Waals surface area contributed by atoms with Crippen LogP contribution >= 0.6 is 0 Å². The number of carboxylic acids is 1. The maximum Gasteiger partial charge on any atom is 0.573 e. The van der Waals surface area contributed by atoms with Crippen LogP contribution in [0.4, 0.5) is 31.1 Å². The summed E-state index contributed by atoms with van der Waals surface area (Å²) in [7, 11) is 0. The van der Waals surface area contributed by atoms with Crippen LogP contribution in [0.2, 0.25) is 0 Å². The molecule has 0 fully saturated rings. The van der Waals surface area contributed by atoms with Crippen molar-refractivity contribution in [2.24, 2.45) is 5.92 Å². The second-order valence-corrected chi connectivity index (χ2v) is 9.84. The van der Waals surface area contributed by atoms with Crippen LogP contribution in [0.5, 0.6) is 11.5 Å². The van der Waals surface area contributed by atoms with Gasteiger partial charge in [-0.05, 0) is 53.3 Å². The number of carboxylic acid groups (broad SMARTS) is 1. The molecule has 0 saturated carbocycles. The number of hydrogen-bond acceptors (Lipinski definition) is 4. The van der Waals surface area contributed by atoms with Crippen molar-refractivity contribution in [2.45, 2.75) is 51.0 Å². The summed E-state index contributed by atoms with van der Waals surface area (Å²) < 4.78 is 86.8. The number of amides is 2. The molecule has 0 aliphatic rings. The molecule has 0 spiro atoms. The summed E-state index contributed by atoms with van der Waals surface area (Å²) in [4.78, 5) is 25.2. The van der Waals surface area contributed by atoms with Crippen molar-refractivity contribution >= 4 is 12.0 Å². The highest BCUT2D eigenvalue weighted by Crippen LogP contribution is 2.38. The van der Waals surface area contributed by atoms with Crippen LogP contribution < -0.4 is 20.1 Å². The minimum Gasteiger partial charge on any atom is -0.480 e. The lowest BCUT2D eigenvalue weighted by Gasteiger charge is -2.37. The molecule has 42 heavy (non-hydrogen) atoms. The van der Waals surface area contributed by atoms with Crippen LogP contribution in [0.15, 0.2) is 78.9 Å². The highest BCUT2D eigenvalue weighted by molar-refractivity contribution is 5.83. The third kappa shape index (κ3) is 9.32. The van der Waals surface area contributed by atoms with Gasteiger partial charge in [-0.2, -0.15) is 0 Å². The Morgan fingerprint density at radius 2 is 1.29 bits per heavy atom. The number of halogens is 6. The van der Waals surface area contributed by atoms with Gasteiger partial charge in [-0.1, -0.05) is 68.4 Å². The average Bonchev–Trinajstić information content (AvgIpc) is 2.86. The van der Waals surface area contributed by atoms with Gasteiger partial charge in [0.2, 0.25) is 0 Å². The van der Waals surface area contributed by atoms with Crippen LogP contribution in [0.1, 0.15) is 37.0 Å². The van der Waals surface area contributed by atoms with Crippen LogP contribution in [0, 0.1) is 5.92 Å². The van der Waals surface area contributed by atoms with Gasteiger partial charge in [0.25, 0.3) is 0 Å². The molecule has 0 radical (unpaired) electrons. The van der Waals surface area contributed by atoms with Crippen LogP contribution in [0.25, 0.3) is 0 Å². The summed E-state index contributed by atoms with van der Waals surface area (Å²) in [5, 5.41) is 14.7. The molecule has 0 heterocycles. The third-order valence-electron chi connectivity index (χ3n) is 6.07. The molecule has 0 unspecified atom stereocenters. The molecule has 226 valence electrons. The number of carbonyl (C=O) groups is 2.